The summed E-state index contributed by atoms with van der Waals surface area (Å²) in [5.41, 5.74) is 9.81. The number of aryl methyl sites for hydroxylation is 1. The summed E-state index contributed by atoms with van der Waals surface area (Å²) < 4.78 is 0. The van der Waals surface area contributed by atoms with Crippen LogP contribution in [-0.2, 0) is 12.8 Å². The van der Waals surface area contributed by atoms with Crippen LogP contribution in [0.4, 0.5) is 5.82 Å². The number of nitrogens with two attached hydrogens (primary N) is 1. The highest BCUT2D eigenvalue weighted by atomic mass is 14.8. The van der Waals surface area contributed by atoms with Crippen LogP contribution in [0.15, 0.2) is 35.9 Å². The third kappa shape index (κ3) is 3.19. The summed E-state index contributed by atoms with van der Waals surface area (Å²) in [6.07, 6.45) is 6.41. The first-order chi connectivity index (χ1) is 9.63. The summed E-state index contributed by atoms with van der Waals surface area (Å²) in [5, 5.41) is 2.51. The molecule has 0 atom stereocenters. The lowest BCUT2D eigenvalue weighted by Crippen LogP contribution is -2.03. The van der Waals surface area contributed by atoms with Gasteiger partial charge < -0.3 is 5.73 Å². The Hall–Kier alpha value is -1.83. The number of nitrogens with zero attached hydrogens (tertiary/aromatic N) is 1. The van der Waals surface area contributed by atoms with Crippen LogP contribution in [0.25, 0.3) is 10.8 Å². The van der Waals surface area contributed by atoms with Crippen LogP contribution < -0.4 is 5.73 Å². The maximum Gasteiger partial charge on any atom is 0.127 e. The summed E-state index contributed by atoms with van der Waals surface area (Å²) in [6, 6.07) is 8.49. The van der Waals surface area contributed by atoms with Gasteiger partial charge in [0.25, 0.3) is 0 Å². The molecule has 0 amide bonds. The van der Waals surface area contributed by atoms with Gasteiger partial charge in [0, 0.05) is 10.9 Å². The molecule has 0 bridgehead atoms. The number of nitrogen functional groups attached to an aromatic ring is 1. The van der Waals surface area contributed by atoms with E-state index in [1.807, 2.05) is 0 Å². The van der Waals surface area contributed by atoms with Gasteiger partial charge >= 0.3 is 0 Å². The van der Waals surface area contributed by atoms with E-state index in [0.717, 1.165) is 30.5 Å². The summed E-state index contributed by atoms with van der Waals surface area (Å²) in [6.45, 7) is 6.43. The van der Waals surface area contributed by atoms with Crippen molar-refractivity contribution in [1.29, 1.82) is 0 Å². The zero-order valence-electron chi connectivity index (χ0n) is 12.7. The van der Waals surface area contributed by atoms with Gasteiger partial charge in [0.15, 0.2) is 0 Å². The topological polar surface area (TPSA) is 38.9 Å². The number of pyridine rings is 1. The Morgan fingerprint density at radius 1 is 1.20 bits per heavy atom. The van der Waals surface area contributed by atoms with E-state index in [1.165, 1.54) is 22.8 Å². The molecule has 0 unspecified atom stereocenters. The molecular weight excluding hydrogens is 244 g/mol. The monoisotopic (exact) mass is 268 g/mol. The van der Waals surface area contributed by atoms with Gasteiger partial charge in [-0.3, -0.25) is 0 Å². The van der Waals surface area contributed by atoms with Gasteiger partial charge in [0.05, 0.1) is 5.69 Å². The summed E-state index contributed by atoms with van der Waals surface area (Å²) >= 11 is 0. The lowest BCUT2D eigenvalue weighted by atomic mass is 9.99. The molecule has 1 aromatic heterocycles. The second-order valence-corrected chi connectivity index (χ2v) is 5.56. The minimum absolute atomic E-state index is 0.687. The van der Waals surface area contributed by atoms with Crippen LogP contribution in [-0.4, -0.2) is 4.98 Å². The maximum atomic E-state index is 6.21. The minimum atomic E-state index is 0.687. The number of fused-ring (bicyclic) bond motifs is 1. The Kier molecular flexibility index (Phi) is 4.78. The van der Waals surface area contributed by atoms with E-state index in [1.54, 1.807) is 0 Å². The third-order valence-electron chi connectivity index (χ3n) is 3.61. The fourth-order valence-electron chi connectivity index (χ4n) is 2.46. The summed E-state index contributed by atoms with van der Waals surface area (Å²) in [7, 11) is 0. The van der Waals surface area contributed by atoms with Crippen LogP contribution in [0.2, 0.25) is 0 Å². The lowest BCUT2D eigenvalue weighted by molar-refractivity contribution is 0.782. The molecular formula is C18H24N2. The Morgan fingerprint density at radius 3 is 2.55 bits per heavy atom. The normalized spacial score (nSPS) is 10.8. The highest BCUT2D eigenvalue weighted by Gasteiger charge is 2.10. The summed E-state index contributed by atoms with van der Waals surface area (Å²) in [5.74, 6) is 0.687. The van der Waals surface area contributed by atoms with E-state index in [0.29, 0.717) is 5.82 Å². The van der Waals surface area contributed by atoms with Crippen molar-refractivity contribution >= 4 is 16.6 Å². The number of hydrogen-bond donors (Lipinski definition) is 1. The Balaban J connectivity index is 2.54. The first-order valence-electron chi connectivity index (χ1n) is 7.42. The van der Waals surface area contributed by atoms with Gasteiger partial charge in [-0.1, -0.05) is 49.3 Å². The Labute approximate surface area is 121 Å². The molecule has 0 aliphatic carbocycles. The number of rotatable bonds is 5. The van der Waals surface area contributed by atoms with Gasteiger partial charge in [-0.05, 0) is 38.5 Å². The first-order valence-corrected chi connectivity index (χ1v) is 7.42. The fraction of sp³-hybridized carbons (Fsp3) is 0.389. The number of anilines is 1. The molecule has 106 valence electrons. The van der Waals surface area contributed by atoms with E-state index in [2.05, 4.69) is 56.1 Å². The average molecular weight is 268 g/mol. The van der Waals surface area contributed by atoms with Gasteiger partial charge in [-0.15, -0.1) is 0 Å². The molecule has 2 heteroatoms. The van der Waals surface area contributed by atoms with Crippen molar-refractivity contribution in [2.24, 2.45) is 0 Å². The van der Waals surface area contributed by atoms with Crippen molar-refractivity contribution in [2.75, 3.05) is 5.73 Å². The number of aromatic nitrogens is 1. The average Bonchev–Trinajstić information content (AvgIpc) is 2.43. The van der Waals surface area contributed by atoms with E-state index >= 15 is 0 Å². The van der Waals surface area contributed by atoms with Crippen molar-refractivity contribution in [2.45, 2.75) is 46.5 Å². The number of hydrogen-bond acceptors (Lipinski definition) is 2. The van der Waals surface area contributed by atoms with Crippen molar-refractivity contribution in [1.82, 2.24) is 4.98 Å². The molecule has 0 saturated carbocycles. The predicted molar refractivity (Wildman–Crippen MR) is 87.9 cm³/mol. The summed E-state index contributed by atoms with van der Waals surface area (Å²) in [4.78, 5) is 4.67. The molecule has 2 N–H and O–H groups in total. The van der Waals surface area contributed by atoms with Crippen LogP contribution in [0.5, 0.6) is 0 Å². The molecule has 0 radical (unpaired) electrons. The number of benzene rings is 1. The van der Waals surface area contributed by atoms with E-state index in [-0.39, 0.29) is 0 Å². The predicted octanol–water partition coefficient (Wildman–Crippen LogP) is 4.67. The zero-order chi connectivity index (χ0) is 14.5. The molecule has 2 rings (SSSR count). The molecule has 1 heterocycles. The quantitative estimate of drug-likeness (QED) is 0.800. The molecule has 20 heavy (non-hydrogen) atoms. The molecule has 0 fully saturated rings. The van der Waals surface area contributed by atoms with E-state index in [9.17, 15) is 0 Å². The Morgan fingerprint density at radius 2 is 1.90 bits per heavy atom. The third-order valence-corrected chi connectivity index (χ3v) is 3.61. The zero-order valence-corrected chi connectivity index (χ0v) is 12.7. The first kappa shape index (κ1) is 14.6. The van der Waals surface area contributed by atoms with Crippen LogP contribution >= 0.6 is 0 Å². The van der Waals surface area contributed by atoms with Crippen molar-refractivity contribution in [3.05, 3.63) is 47.2 Å². The van der Waals surface area contributed by atoms with Gasteiger partial charge in [-0.2, -0.15) is 0 Å². The van der Waals surface area contributed by atoms with Crippen molar-refractivity contribution < 1.29 is 0 Å². The van der Waals surface area contributed by atoms with Gasteiger partial charge in [-0.25, -0.2) is 4.98 Å². The van der Waals surface area contributed by atoms with Gasteiger partial charge in [0.1, 0.15) is 5.82 Å². The van der Waals surface area contributed by atoms with E-state index in [4.69, 9.17) is 5.73 Å². The minimum Gasteiger partial charge on any atom is -0.383 e. The van der Waals surface area contributed by atoms with Crippen LogP contribution in [0, 0.1) is 0 Å². The van der Waals surface area contributed by atoms with Crippen molar-refractivity contribution in [3.63, 3.8) is 0 Å². The second kappa shape index (κ2) is 6.56. The van der Waals surface area contributed by atoms with Crippen molar-refractivity contribution in [3.8, 4) is 0 Å². The van der Waals surface area contributed by atoms with E-state index < -0.39 is 0 Å². The highest BCUT2D eigenvalue weighted by Crippen LogP contribution is 2.27. The molecule has 0 spiro atoms. The Bertz CT molecular complexity index is 623. The number of allylic oxidation sites excluding steroid dienone is 2. The molecule has 0 aliphatic rings. The smallest absolute Gasteiger partial charge is 0.127 e. The second-order valence-electron chi connectivity index (χ2n) is 5.56. The maximum absolute atomic E-state index is 6.21. The fourth-order valence-corrected chi connectivity index (χ4v) is 2.46. The molecule has 2 nitrogen and oxygen atoms in total. The van der Waals surface area contributed by atoms with Crippen LogP contribution in [0.1, 0.15) is 44.9 Å². The molecule has 2 aromatic rings. The lowest BCUT2D eigenvalue weighted by Gasteiger charge is -2.12. The SMILES string of the molecule is CCCCc1nc(N)c(CC=C(C)C)c2ccccc12. The molecule has 1 aromatic carbocycles. The highest BCUT2D eigenvalue weighted by molar-refractivity contribution is 5.90. The van der Waals surface area contributed by atoms with Crippen LogP contribution in [0.3, 0.4) is 0 Å². The largest absolute Gasteiger partial charge is 0.383 e. The molecule has 0 saturated heterocycles. The standard InChI is InChI=1S/C18H24N2/c1-4-5-10-17-15-9-7-6-8-14(15)16(18(19)20-17)12-11-13(2)3/h6-9,11H,4-5,10,12H2,1-3H3,(H2,19,20). The number of unbranched alkanes of at least 4 members (excludes halogenated alkanes) is 1. The molecule has 0 aliphatic heterocycles. The van der Waals surface area contributed by atoms with Gasteiger partial charge in [0.2, 0.25) is 0 Å².